The molecule has 0 amide bonds. The molecule has 0 radical (unpaired) electrons. The molecule has 4 aromatic heterocycles. The van der Waals surface area contributed by atoms with Crippen LogP contribution in [0.1, 0.15) is 120 Å². The van der Waals surface area contributed by atoms with Crippen LogP contribution in [0.15, 0.2) is 73.3 Å². The molecule has 0 saturated heterocycles. The van der Waals surface area contributed by atoms with Crippen LogP contribution in [0, 0.1) is 0 Å². The van der Waals surface area contributed by atoms with E-state index in [1.54, 1.807) is 34.4 Å². The number of carboxylic acids is 2. The molecule has 2 N–H and O–H groups in total. The van der Waals surface area contributed by atoms with E-state index in [4.69, 9.17) is 30.7 Å². The SMILES string of the molecule is CCCCN(CCCC)OC(=O)c1ccnc(-c2cc(C(=O)O)ccn2)c1.CCCCN(CCCC)OC(=O)c1ccnc(-c2cc(C(=O)O)ccn2)c1.[N-]=C=S.[N-]=C=S.[Ru+2]. The Bertz CT molecular complexity index is 1870. The van der Waals surface area contributed by atoms with Gasteiger partial charge in [0.1, 0.15) is 0 Å². The van der Waals surface area contributed by atoms with Gasteiger partial charge in [0.15, 0.2) is 0 Å². The summed E-state index contributed by atoms with van der Waals surface area (Å²) in [5, 5.41) is 38.6. The largest absolute Gasteiger partial charge is 2.00 e. The average Bonchev–Trinajstić information content (AvgIpc) is 3.26. The Morgan fingerprint density at radius 2 is 0.770 bits per heavy atom. The number of unbranched alkanes of at least 4 members (excludes halogenated alkanes) is 4. The zero-order valence-electron chi connectivity index (χ0n) is 34.5. The molecule has 0 aliphatic rings. The zero-order chi connectivity index (χ0) is 44.7. The second-order valence-corrected chi connectivity index (χ2v) is 12.9. The second kappa shape index (κ2) is 33.4. The first kappa shape index (κ1) is 55.6. The van der Waals surface area contributed by atoms with Crippen LogP contribution in [0.25, 0.3) is 33.6 Å². The minimum Gasteiger partial charge on any atom is -0.753 e. The Hall–Kier alpha value is -5.38. The van der Waals surface area contributed by atoms with Gasteiger partial charge in [0.2, 0.25) is 0 Å². The average molecular weight is 960 g/mol. The number of carbonyl (C=O) groups excluding carboxylic acids is 2. The number of rotatable bonds is 20. The fourth-order valence-corrected chi connectivity index (χ4v) is 4.89. The normalized spacial score (nSPS) is 9.80. The van der Waals surface area contributed by atoms with Gasteiger partial charge < -0.3 is 30.7 Å². The molecule has 0 unspecified atom stereocenters. The number of pyridine rings is 4. The van der Waals surface area contributed by atoms with Crippen molar-refractivity contribution in [2.45, 2.75) is 79.1 Å². The molecule has 4 rings (SSSR count). The summed E-state index contributed by atoms with van der Waals surface area (Å²) in [6.07, 6.45) is 13.7. The third-order valence-electron chi connectivity index (χ3n) is 8.00. The number of hydrogen-bond donors (Lipinski definition) is 2. The van der Waals surface area contributed by atoms with Gasteiger partial charge in [-0.25, -0.2) is 19.2 Å². The summed E-state index contributed by atoms with van der Waals surface area (Å²) in [6, 6.07) is 11.9. The Morgan fingerprint density at radius 3 is 1.00 bits per heavy atom. The van der Waals surface area contributed by atoms with Crippen molar-refractivity contribution in [3.63, 3.8) is 0 Å². The van der Waals surface area contributed by atoms with Crippen LogP contribution in [-0.4, -0.2) is 101 Å². The van der Waals surface area contributed by atoms with E-state index in [1.165, 1.54) is 59.4 Å². The van der Waals surface area contributed by atoms with E-state index in [1.807, 2.05) is 0 Å². The molecule has 0 aliphatic heterocycles. The van der Waals surface area contributed by atoms with Gasteiger partial charge >= 0.3 is 43.4 Å². The monoisotopic (exact) mass is 960 g/mol. The van der Waals surface area contributed by atoms with Crippen molar-refractivity contribution in [1.82, 2.24) is 30.1 Å². The summed E-state index contributed by atoms with van der Waals surface area (Å²) in [4.78, 5) is 75.1. The van der Waals surface area contributed by atoms with E-state index < -0.39 is 23.9 Å². The number of aromatic carboxylic acids is 2. The van der Waals surface area contributed by atoms with Crippen LogP contribution < -0.4 is 0 Å². The molecule has 4 heterocycles. The van der Waals surface area contributed by atoms with Crippen LogP contribution in [0.2, 0.25) is 0 Å². The number of carbonyl (C=O) groups is 4. The Labute approximate surface area is 379 Å². The van der Waals surface area contributed by atoms with E-state index in [0.29, 0.717) is 60.1 Å². The molecule has 0 atom stereocenters. The standard InChI is InChI=1S/2C20H25N3O4.2CNS.Ru/c2*1-3-5-11-23(12-6-4-2)27-20(26)16-8-10-22-18(14-16)17-13-15(19(24)25)7-9-21-17;2*2-1-3;/h2*7-10,13-14H,3-6,11-12H2,1-2H3,(H,24,25);;;/q;;2*-1;+2. The molecule has 0 aromatic carbocycles. The number of aromatic nitrogens is 4. The molecule has 0 aliphatic carbocycles. The van der Waals surface area contributed by atoms with Gasteiger partial charge in [-0.3, -0.25) is 19.9 Å². The molecule has 0 bridgehead atoms. The summed E-state index contributed by atoms with van der Waals surface area (Å²) in [5.74, 6) is -3.01. The maximum absolute atomic E-state index is 12.5. The molecule has 19 heteroatoms. The van der Waals surface area contributed by atoms with E-state index >= 15 is 0 Å². The maximum atomic E-state index is 12.5. The summed E-state index contributed by atoms with van der Waals surface area (Å²) < 4.78 is 0. The number of carboxylic acid groups (broad SMARTS) is 2. The topological polar surface area (TPSA) is 230 Å². The third kappa shape index (κ3) is 22.2. The molecule has 16 nitrogen and oxygen atoms in total. The Kier molecular flexibility index (Phi) is 30.4. The van der Waals surface area contributed by atoms with Gasteiger partial charge in [-0.2, -0.15) is 10.3 Å². The number of isothiocyanates is 2. The van der Waals surface area contributed by atoms with Crippen LogP contribution in [-0.2, 0) is 29.2 Å². The van der Waals surface area contributed by atoms with Crippen molar-refractivity contribution < 1.29 is 58.5 Å². The number of hydrogen-bond acceptors (Lipinski definition) is 14. The summed E-state index contributed by atoms with van der Waals surface area (Å²) in [6.45, 7) is 11.1. The van der Waals surface area contributed by atoms with Gasteiger partial charge in [0.05, 0.1) is 45.0 Å². The van der Waals surface area contributed by atoms with E-state index in [-0.39, 0.29) is 30.6 Å². The molecule has 61 heavy (non-hydrogen) atoms. The van der Waals surface area contributed by atoms with Crippen LogP contribution in [0.3, 0.4) is 0 Å². The van der Waals surface area contributed by atoms with E-state index in [9.17, 15) is 19.2 Å². The number of nitrogens with zero attached hydrogens (tertiary/aromatic N) is 8. The fraction of sp³-hybridized carbons (Fsp3) is 0.381. The van der Waals surface area contributed by atoms with Crippen molar-refractivity contribution >= 4 is 58.6 Å². The molecule has 4 aromatic rings. The quantitative estimate of drug-likeness (QED) is 0.0364. The van der Waals surface area contributed by atoms with Gasteiger partial charge in [0, 0.05) is 51.0 Å². The van der Waals surface area contributed by atoms with Gasteiger partial charge in [-0.1, -0.05) is 77.8 Å². The Morgan fingerprint density at radius 1 is 0.541 bits per heavy atom. The maximum Gasteiger partial charge on any atom is 2.00 e. The third-order valence-corrected chi connectivity index (χ3v) is 8.00. The molecule has 326 valence electrons. The first-order valence-corrected chi connectivity index (χ1v) is 20.0. The van der Waals surface area contributed by atoms with Crippen molar-refractivity contribution in [2.75, 3.05) is 26.2 Å². The van der Waals surface area contributed by atoms with Crippen molar-refractivity contribution in [2.24, 2.45) is 0 Å². The molecular formula is C42H50N8O8RuS2. The predicted octanol–water partition coefficient (Wildman–Crippen LogP) is 8.95. The van der Waals surface area contributed by atoms with Gasteiger partial charge in [0.25, 0.3) is 0 Å². The Balaban J connectivity index is 0.00000103. The number of hydroxylamine groups is 4. The minimum atomic E-state index is -1.04. The molecular weight excluding hydrogens is 910 g/mol. The summed E-state index contributed by atoms with van der Waals surface area (Å²) in [5.41, 5.74) is 2.53. The minimum absolute atomic E-state index is 0. The smallest absolute Gasteiger partial charge is 0.753 e. The first-order valence-electron chi connectivity index (χ1n) is 19.2. The molecule has 0 saturated carbocycles. The van der Waals surface area contributed by atoms with E-state index in [0.717, 1.165) is 51.4 Å². The zero-order valence-corrected chi connectivity index (χ0v) is 37.9. The van der Waals surface area contributed by atoms with Crippen molar-refractivity contribution in [1.29, 1.82) is 0 Å². The predicted molar refractivity (Wildman–Crippen MR) is 234 cm³/mol. The van der Waals surface area contributed by atoms with Gasteiger partial charge in [-0.05, 0) is 74.2 Å². The fourth-order valence-electron chi connectivity index (χ4n) is 4.89. The van der Waals surface area contributed by atoms with Crippen LogP contribution >= 0.6 is 24.4 Å². The van der Waals surface area contributed by atoms with Crippen molar-refractivity contribution in [3.8, 4) is 22.8 Å². The van der Waals surface area contributed by atoms with Crippen LogP contribution in [0.5, 0.6) is 0 Å². The summed E-state index contributed by atoms with van der Waals surface area (Å²) in [7, 11) is 0. The number of thiocarbonyl (C=S) groups is 2. The first-order chi connectivity index (χ1) is 28.9. The van der Waals surface area contributed by atoms with Gasteiger partial charge in [-0.15, -0.1) is 10.1 Å². The van der Waals surface area contributed by atoms with E-state index in [2.05, 4.69) is 72.1 Å². The van der Waals surface area contributed by atoms with Crippen LogP contribution in [0.4, 0.5) is 0 Å². The molecule has 0 fully saturated rings. The summed E-state index contributed by atoms with van der Waals surface area (Å²) >= 11 is 7.40. The second-order valence-electron chi connectivity index (χ2n) is 12.5. The molecule has 0 spiro atoms. The van der Waals surface area contributed by atoms with Crippen molar-refractivity contribution in [3.05, 3.63) is 106 Å².